The van der Waals surface area contributed by atoms with Crippen molar-refractivity contribution in [3.63, 3.8) is 0 Å². The van der Waals surface area contributed by atoms with Gasteiger partial charge in [0, 0.05) is 25.1 Å². The monoisotopic (exact) mass is 232 g/mol. The van der Waals surface area contributed by atoms with Crippen LogP contribution in [0.1, 0.15) is 60.8 Å². The average molecular weight is 232 g/mol. The first-order valence-corrected chi connectivity index (χ1v) is 6.67. The molecule has 3 heteroatoms. The molecule has 3 nitrogen and oxygen atoms in total. The van der Waals surface area contributed by atoms with Crippen molar-refractivity contribution in [1.82, 2.24) is 9.78 Å². The molecule has 0 N–H and O–H groups in total. The smallest absolute Gasteiger partial charge is 0.166 e. The number of nitrogens with zero attached hydrogens (tertiary/aromatic N) is 2. The molecule has 0 bridgehead atoms. The first-order chi connectivity index (χ1) is 8.08. The third-order valence-electron chi connectivity index (χ3n) is 4.28. The lowest BCUT2D eigenvalue weighted by Crippen LogP contribution is -2.25. The highest BCUT2D eigenvalue weighted by Crippen LogP contribution is 2.44. The fourth-order valence-corrected chi connectivity index (χ4v) is 2.89. The number of ketones is 1. The molecule has 17 heavy (non-hydrogen) atoms. The van der Waals surface area contributed by atoms with E-state index in [0.717, 1.165) is 24.1 Å². The molecule has 0 amide bonds. The molecule has 92 valence electrons. The maximum Gasteiger partial charge on any atom is 0.166 e. The Kier molecular flexibility index (Phi) is 2.39. The fourth-order valence-electron chi connectivity index (χ4n) is 2.89. The summed E-state index contributed by atoms with van der Waals surface area (Å²) in [6.07, 6.45) is 4.17. The molecule has 0 radical (unpaired) electrons. The van der Waals surface area contributed by atoms with Crippen LogP contribution in [0.25, 0.3) is 0 Å². The minimum Gasteiger partial charge on any atom is -0.294 e. The van der Waals surface area contributed by atoms with Crippen LogP contribution in [0.2, 0.25) is 0 Å². The molecule has 0 spiro atoms. The van der Waals surface area contributed by atoms with E-state index in [9.17, 15) is 4.79 Å². The number of rotatable bonds is 2. The van der Waals surface area contributed by atoms with Crippen molar-refractivity contribution in [3.8, 4) is 0 Å². The van der Waals surface area contributed by atoms with E-state index in [2.05, 4.69) is 18.9 Å². The number of hydrogen-bond acceptors (Lipinski definition) is 2. The van der Waals surface area contributed by atoms with Crippen LogP contribution in [-0.2, 0) is 13.5 Å². The molecule has 0 saturated heterocycles. The van der Waals surface area contributed by atoms with Crippen LogP contribution in [0.4, 0.5) is 0 Å². The molecule has 1 aromatic heterocycles. The standard InChI is InChI=1S/C14H20N2O/c1-8(2)10-6-11-13(12(17)7-10)14(9-4-5-9)15-16(11)3/h8-10H,4-7H2,1-3H3. The van der Waals surface area contributed by atoms with Crippen molar-refractivity contribution < 1.29 is 4.79 Å². The number of aryl methyl sites for hydroxylation is 1. The van der Waals surface area contributed by atoms with Gasteiger partial charge < -0.3 is 0 Å². The van der Waals surface area contributed by atoms with E-state index in [0.29, 0.717) is 23.5 Å². The Bertz CT molecular complexity index is 469. The summed E-state index contributed by atoms with van der Waals surface area (Å²) < 4.78 is 1.95. The number of carbonyl (C=O) groups excluding carboxylic acids is 1. The van der Waals surface area contributed by atoms with Gasteiger partial charge >= 0.3 is 0 Å². The first-order valence-electron chi connectivity index (χ1n) is 6.67. The van der Waals surface area contributed by atoms with Crippen LogP contribution in [0.15, 0.2) is 0 Å². The lowest BCUT2D eigenvalue weighted by Gasteiger charge is -2.25. The summed E-state index contributed by atoms with van der Waals surface area (Å²) in [4.78, 5) is 12.3. The third kappa shape index (κ3) is 1.72. The largest absolute Gasteiger partial charge is 0.294 e. The number of carbonyl (C=O) groups is 1. The number of Topliss-reactive ketones (excluding diaryl/α,β-unsaturated/α-hetero) is 1. The number of hydrogen-bond donors (Lipinski definition) is 0. The van der Waals surface area contributed by atoms with Gasteiger partial charge in [0.1, 0.15) is 0 Å². The molecule has 0 aliphatic heterocycles. The summed E-state index contributed by atoms with van der Waals surface area (Å²) in [5.74, 6) is 1.98. The van der Waals surface area contributed by atoms with Gasteiger partial charge in [-0.15, -0.1) is 0 Å². The van der Waals surface area contributed by atoms with Gasteiger partial charge in [-0.3, -0.25) is 9.48 Å². The Morgan fingerprint density at radius 1 is 1.29 bits per heavy atom. The van der Waals surface area contributed by atoms with Gasteiger partial charge in [0.2, 0.25) is 0 Å². The molecule has 1 aromatic rings. The minimum atomic E-state index is 0.333. The second-order valence-corrected chi connectivity index (χ2v) is 5.94. The summed E-state index contributed by atoms with van der Waals surface area (Å²) in [6.45, 7) is 4.42. The fraction of sp³-hybridized carbons (Fsp3) is 0.714. The minimum absolute atomic E-state index is 0.333. The molecule has 1 unspecified atom stereocenters. The second kappa shape index (κ2) is 3.69. The predicted molar refractivity (Wildman–Crippen MR) is 66.2 cm³/mol. The van der Waals surface area contributed by atoms with E-state index >= 15 is 0 Å². The van der Waals surface area contributed by atoms with Gasteiger partial charge in [0.15, 0.2) is 5.78 Å². The normalized spacial score (nSPS) is 24.2. The van der Waals surface area contributed by atoms with Crippen LogP contribution >= 0.6 is 0 Å². The second-order valence-electron chi connectivity index (χ2n) is 5.94. The molecule has 1 heterocycles. The first kappa shape index (κ1) is 11.0. The van der Waals surface area contributed by atoms with Gasteiger partial charge in [-0.1, -0.05) is 13.8 Å². The lowest BCUT2D eigenvalue weighted by molar-refractivity contribution is 0.0931. The van der Waals surface area contributed by atoms with Crippen LogP contribution in [0.5, 0.6) is 0 Å². The number of aromatic nitrogens is 2. The molecule has 1 saturated carbocycles. The van der Waals surface area contributed by atoms with Crippen LogP contribution in [-0.4, -0.2) is 15.6 Å². The van der Waals surface area contributed by atoms with Crippen molar-refractivity contribution >= 4 is 5.78 Å². The maximum absolute atomic E-state index is 12.3. The van der Waals surface area contributed by atoms with E-state index in [1.807, 2.05) is 11.7 Å². The van der Waals surface area contributed by atoms with Gasteiger partial charge in [0.25, 0.3) is 0 Å². The van der Waals surface area contributed by atoms with Crippen LogP contribution in [0.3, 0.4) is 0 Å². The molecular weight excluding hydrogens is 212 g/mol. The molecule has 3 rings (SSSR count). The molecule has 2 aliphatic rings. The van der Waals surface area contributed by atoms with Crippen LogP contribution < -0.4 is 0 Å². The topological polar surface area (TPSA) is 34.9 Å². The van der Waals surface area contributed by atoms with Crippen LogP contribution in [0, 0.1) is 11.8 Å². The molecule has 1 atom stereocenters. The van der Waals surface area contributed by atoms with Crippen molar-refractivity contribution in [1.29, 1.82) is 0 Å². The summed E-state index contributed by atoms with van der Waals surface area (Å²) >= 11 is 0. The highest BCUT2D eigenvalue weighted by molar-refractivity contribution is 5.99. The zero-order valence-corrected chi connectivity index (χ0v) is 10.9. The summed E-state index contributed by atoms with van der Waals surface area (Å²) in [7, 11) is 1.99. The van der Waals surface area contributed by atoms with Crippen molar-refractivity contribution in [2.75, 3.05) is 0 Å². The van der Waals surface area contributed by atoms with E-state index < -0.39 is 0 Å². The molecule has 2 aliphatic carbocycles. The Morgan fingerprint density at radius 2 is 2.00 bits per heavy atom. The third-order valence-corrected chi connectivity index (χ3v) is 4.28. The maximum atomic E-state index is 12.3. The van der Waals surface area contributed by atoms with Crippen molar-refractivity contribution in [2.45, 2.75) is 45.4 Å². The van der Waals surface area contributed by atoms with Crippen molar-refractivity contribution in [3.05, 3.63) is 17.0 Å². The van der Waals surface area contributed by atoms with E-state index in [1.54, 1.807) is 0 Å². The summed E-state index contributed by atoms with van der Waals surface area (Å²) in [5.41, 5.74) is 3.25. The van der Waals surface area contributed by atoms with Crippen molar-refractivity contribution in [2.24, 2.45) is 18.9 Å². The van der Waals surface area contributed by atoms with Gasteiger partial charge in [-0.2, -0.15) is 5.10 Å². The van der Waals surface area contributed by atoms with E-state index in [4.69, 9.17) is 0 Å². The summed E-state index contributed by atoms with van der Waals surface area (Å²) in [5, 5.41) is 4.59. The Morgan fingerprint density at radius 3 is 2.59 bits per heavy atom. The highest BCUT2D eigenvalue weighted by atomic mass is 16.1. The molecular formula is C14H20N2O. The SMILES string of the molecule is CC(C)C1CC(=O)c2c(C3CC3)nn(C)c2C1. The Hall–Kier alpha value is -1.12. The van der Waals surface area contributed by atoms with E-state index in [-0.39, 0.29) is 0 Å². The zero-order chi connectivity index (χ0) is 12.2. The van der Waals surface area contributed by atoms with Gasteiger partial charge in [-0.05, 0) is 31.1 Å². The van der Waals surface area contributed by atoms with E-state index in [1.165, 1.54) is 18.5 Å². The zero-order valence-electron chi connectivity index (χ0n) is 10.9. The molecule has 0 aromatic carbocycles. The summed E-state index contributed by atoms with van der Waals surface area (Å²) in [6, 6.07) is 0. The Labute approximate surface area is 102 Å². The van der Waals surface area contributed by atoms with Gasteiger partial charge in [0.05, 0.1) is 11.3 Å². The highest BCUT2D eigenvalue weighted by Gasteiger charge is 2.37. The molecule has 1 fully saturated rings. The quantitative estimate of drug-likeness (QED) is 0.785. The Balaban J connectivity index is 2.02. The number of fused-ring (bicyclic) bond motifs is 1. The van der Waals surface area contributed by atoms with Gasteiger partial charge in [-0.25, -0.2) is 0 Å². The average Bonchev–Trinajstić information content (AvgIpc) is 3.04. The lowest BCUT2D eigenvalue weighted by atomic mass is 9.79. The predicted octanol–water partition coefficient (Wildman–Crippen LogP) is 2.70.